The van der Waals surface area contributed by atoms with Gasteiger partial charge >= 0.3 is 6.18 Å². The van der Waals surface area contributed by atoms with E-state index in [0.29, 0.717) is 0 Å². The summed E-state index contributed by atoms with van der Waals surface area (Å²) in [5.74, 6) is -0.569. The van der Waals surface area contributed by atoms with Gasteiger partial charge in [-0.1, -0.05) is 0 Å². The van der Waals surface area contributed by atoms with Crippen LogP contribution in [0, 0.1) is 0 Å². The molecule has 98 valence electrons. The monoisotopic (exact) mass is 278 g/mol. The van der Waals surface area contributed by atoms with Crippen molar-refractivity contribution in [3.63, 3.8) is 0 Å². The molecule has 0 radical (unpaired) electrons. The van der Waals surface area contributed by atoms with E-state index in [0.717, 1.165) is 17.8 Å². The Morgan fingerprint density at radius 2 is 2.00 bits per heavy atom. The zero-order valence-electron chi connectivity index (χ0n) is 9.46. The Morgan fingerprint density at radius 1 is 1.39 bits per heavy atom. The van der Waals surface area contributed by atoms with Gasteiger partial charge in [0.1, 0.15) is 11.1 Å². The standard InChI is InChI=1S/C10H9F3N2O2S/c1-15-8(17)4-3-5(16)14-7(10(11,12)13)6(4)9(15)18-2/h3,9H,1-2H3,(H,14,16). The summed E-state index contributed by atoms with van der Waals surface area (Å²) >= 11 is 1.11. The smallest absolute Gasteiger partial charge is 0.325 e. The van der Waals surface area contributed by atoms with Gasteiger partial charge in [0.05, 0.1) is 5.56 Å². The number of pyridine rings is 1. The average molecular weight is 278 g/mol. The van der Waals surface area contributed by atoms with Crippen LogP contribution in [0.1, 0.15) is 27.0 Å². The van der Waals surface area contributed by atoms with Crippen molar-refractivity contribution in [3.8, 4) is 0 Å². The lowest BCUT2D eigenvalue weighted by molar-refractivity contribution is -0.142. The first-order valence-electron chi connectivity index (χ1n) is 4.91. The fraction of sp³-hybridized carbons (Fsp3) is 0.400. The highest BCUT2D eigenvalue weighted by Gasteiger charge is 2.44. The van der Waals surface area contributed by atoms with Gasteiger partial charge < -0.3 is 9.88 Å². The van der Waals surface area contributed by atoms with Crippen LogP contribution < -0.4 is 5.56 Å². The van der Waals surface area contributed by atoms with Crippen LogP contribution in [0.15, 0.2) is 10.9 Å². The third kappa shape index (κ3) is 1.80. The Balaban J connectivity index is 2.78. The third-order valence-corrected chi connectivity index (χ3v) is 3.74. The zero-order valence-corrected chi connectivity index (χ0v) is 10.3. The van der Waals surface area contributed by atoms with Gasteiger partial charge in [-0.2, -0.15) is 13.2 Å². The lowest BCUT2D eigenvalue weighted by Crippen LogP contribution is -2.21. The number of aromatic nitrogens is 1. The van der Waals surface area contributed by atoms with Crippen LogP contribution in [0.4, 0.5) is 13.2 Å². The van der Waals surface area contributed by atoms with Crippen molar-refractivity contribution in [1.29, 1.82) is 0 Å². The maximum Gasteiger partial charge on any atom is 0.431 e. The Kier molecular flexibility index (Phi) is 2.92. The molecule has 2 rings (SSSR count). The van der Waals surface area contributed by atoms with Gasteiger partial charge in [0.15, 0.2) is 0 Å². The predicted octanol–water partition coefficient (Wildman–Crippen LogP) is 1.84. The summed E-state index contributed by atoms with van der Waals surface area (Å²) in [5, 5.41) is -0.735. The normalized spacial score (nSPS) is 19.3. The molecule has 0 aliphatic carbocycles. The summed E-state index contributed by atoms with van der Waals surface area (Å²) in [6, 6.07) is 0.916. The number of thioether (sulfide) groups is 1. The molecule has 18 heavy (non-hydrogen) atoms. The first-order chi connectivity index (χ1) is 8.27. The van der Waals surface area contributed by atoms with E-state index in [-0.39, 0.29) is 11.1 Å². The van der Waals surface area contributed by atoms with Crippen molar-refractivity contribution in [2.24, 2.45) is 0 Å². The highest BCUT2D eigenvalue weighted by molar-refractivity contribution is 7.98. The molecule has 1 unspecified atom stereocenters. The minimum atomic E-state index is -4.69. The molecule has 1 aromatic heterocycles. The third-order valence-electron chi connectivity index (χ3n) is 2.74. The molecular formula is C10H9F3N2O2S. The van der Waals surface area contributed by atoms with E-state index in [1.54, 1.807) is 11.2 Å². The Morgan fingerprint density at radius 3 is 2.50 bits per heavy atom. The largest absolute Gasteiger partial charge is 0.431 e. The molecule has 1 amide bonds. The molecule has 8 heteroatoms. The number of rotatable bonds is 1. The van der Waals surface area contributed by atoms with Gasteiger partial charge in [-0.15, -0.1) is 11.8 Å². The second kappa shape index (κ2) is 4.04. The van der Waals surface area contributed by atoms with Crippen molar-refractivity contribution >= 4 is 17.7 Å². The minimum Gasteiger partial charge on any atom is -0.325 e. The summed E-state index contributed by atoms with van der Waals surface area (Å²) in [6.45, 7) is 0. The molecule has 4 nitrogen and oxygen atoms in total. The van der Waals surface area contributed by atoms with Crippen LogP contribution in [0.3, 0.4) is 0 Å². The molecule has 1 aromatic rings. The number of H-pyrrole nitrogens is 1. The molecule has 0 spiro atoms. The number of aromatic amines is 1. The Hall–Kier alpha value is -1.44. The predicted molar refractivity (Wildman–Crippen MR) is 60.4 cm³/mol. The van der Waals surface area contributed by atoms with Gasteiger partial charge in [0.2, 0.25) is 5.56 Å². The first kappa shape index (κ1) is 13.0. The van der Waals surface area contributed by atoms with Crippen LogP contribution in [0.2, 0.25) is 0 Å². The van der Waals surface area contributed by atoms with E-state index in [1.165, 1.54) is 11.9 Å². The Bertz CT molecular complexity index is 567. The van der Waals surface area contributed by atoms with E-state index in [1.807, 2.05) is 0 Å². The number of amides is 1. The number of halogens is 3. The van der Waals surface area contributed by atoms with Crippen molar-refractivity contribution in [3.05, 3.63) is 33.2 Å². The average Bonchev–Trinajstić information content (AvgIpc) is 2.50. The summed E-state index contributed by atoms with van der Waals surface area (Å²) in [5.41, 5.74) is -2.40. The first-order valence-corrected chi connectivity index (χ1v) is 6.20. The van der Waals surface area contributed by atoms with Crippen molar-refractivity contribution in [2.45, 2.75) is 11.6 Å². The maximum absolute atomic E-state index is 12.9. The summed E-state index contributed by atoms with van der Waals surface area (Å²) in [7, 11) is 1.41. The maximum atomic E-state index is 12.9. The summed E-state index contributed by atoms with van der Waals surface area (Å²) < 4.78 is 38.6. The van der Waals surface area contributed by atoms with Gasteiger partial charge in [-0.3, -0.25) is 9.59 Å². The quantitative estimate of drug-likeness (QED) is 0.852. The van der Waals surface area contributed by atoms with E-state index < -0.39 is 28.7 Å². The fourth-order valence-corrected chi connectivity index (χ4v) is 2.89. The number of carbonyl (C=O) groups is 1. The van der Waals surface area contributed by atoms with Crippen molar-refractivity contribution < 1.29 is 18.0 Å². The van der Waals surface area contributed by atoms with Gasteiger partial charge in [0, 0.05) is 18.7 Å². The summed E-state index contributed by atoms with van der Waals surface area (Å²) in [6.07, 6.45) is -3.08. The molecule has 0 saturated heterocycles. The Labute approximate surface area is 104 Å². The summed E-state index contributed by atoms with van der Waals surface area (Å²) in [4.78, 5) is 26.0. The number of nitrogens with zero attached hydrogens (tertiary/aromatic N) is 1. The molecule has 1 aliphatic rings. The zero-order chi connectivity index (χ0) is 13.7. The molecule has 1 aliphatic heterocycles. The molecule has 2 heterocycles. The topological polar surface area (TPSA) is 53.2 Å². The van der Waals surface area contributed by atoms with Crippen LogP contribution >= 0.6 is 11.8 Å². The second-order valence-electron chi connectivity index (χ2n) is 3.84. The molecule has 0 aromatic carbocycles. The van der Waals surface area contributed by atoms with Gasteiger partial charge in [0.25, 0.3) is 5.91 Å². The van der Waals surface area contributed by atoms with Crippen LogP contribution in [-0.2, 0) is 6.18 Å². The SMILES string of the molecule is CSC1c2c(cc(=O)[nH]c2C(F)(F)F)C(=O)N1C. The number of nitrogens with one attached hydrogen (secondary N) is 1. The van der Waals surface area contributed by atoms with Crippen molar-refractivity contribution in [2.75, 3.05) is 13.3 Å². The number of hydrogen-bond acceptors (Lipinski definition) is 3. The van der Waals surface area contributed by atoms with E-state index in [2.05, 4.69) is 0 Å². The van der Waals surface area contributed by atoms with Crippen LogP contribution in [-0.4, -0.2) is 29.1 Å². The van der Waals surface area contributed by atoms with E-state index in [4.69, 9.17) is 0 Å². The molecular weight excluding hydrogens is 269 g/mol. The van der Waals surface area contributed by atoms with E-state index >= 15 is 0 Å². The number of fused-ring (bicyclic) bond motifs is 1. The van der Waals surface area contributed by atoms with Gasteiger partial charge in [-0.05, 0) is 6.26 Å². The van der Waals surface area contributed by atoms with Crippen LogP contribution in [0.25, 0.3) is 0 Å². The number of carbonyl (C=O) groups excluding carboxylic acids is 1. The lowest BCUT2D eigenvalue weighted by Gasteiger charge is -2.20. The molecule has 0 fully saturated rings. The molecule has 1 atom stereocenters. The fourth-order valence-electron chi connectivity index (χ4n) is 1.99. The van der Waals surface area contributed by atoms with Crippen LogP contribution in [0.5, 0.6) is 0 Å². The number of alkyl halides is 3. The second-order valence-corrected chi connectivity index (χ2v) is 4.76. The minimum absolute atomic E-state index is 0.165. The highest BCUT2D eigenvalue weighted by atomic mass is 32.2. The lowest BCUT2D eigenvalue weighted by atomic mass is 10.1. The molecule has 0 saturated carbocycles. The molecule has 0 bridgehead atoms. The van der Waals surface area contributed by atoms with Gasteiger partial charge in [-0.25, -0.2) is 0 Å². The molecule has 1 N–H and O–H groups in total. The van der Waals surface area contributed by atoms with E-state index in [9.17, 15) is 22.8 Å². The number of hydrogen-bond donors (Lipinski definition) is 1. The van der Waals surface area contributed by atoms with Crippen molar-refractivity contribution in [1.82, 2.24) is 9.88 Å². The highest BCUT2D eigenvalue weighted by Crippen LogP contribution is 2.44.